The van der Waals surface area contributed by atoms with Crippen molar-refractivity contribution in [1.29, 1.82) is 0 Å². The molecule has 0 saturated carbocycles. The Morgan fingerprint density at radius 2 is 2.04 bits per heavy atom. The van der Waals surface area contributed by atoms with E-state index in [1.165, 1.54) is 20.7 Å². The first kappa shape index (κ1) is 18.3. The topological polar surface area (TPSA) is 65.6 Å². The third-order valence-corrected chi connectivity index (χ3v) is 6.66. The Balaban J connectivity index is 1.67. The van der Waals surface area contributed by atoms with Gasteiger partial charge in [0.05, 0.1) is 6.54 Å². The molecule has 0 amide bonds. The van der Waals surface area contributed by atoms with Gasteiger partial charge in [0.1, 0.15) is 5.82 Å². The molecular formula is C17H24FN3O3S. The van der Waals surface area contributed by atoms with Gasteiger partial charge in [-0.3, -0.25) is 0 Å². The van der Waals surface area contributed by atoms with Crippen molar-refractivity contribution in [3.05, 3.63) is 35.8 Å². The number of nitrogens with zero attached hydrogens (tertiary/aromatic N) is 2. The molecule has 0 radical (unpaired) electrons. The van der Waals surface area contributed by atoms with Crippen LogP contribution >= 0.6 is 0 Å². The van der Waals surface area contributed by atoms with Crippen molar-refractivity contribution in [2.24, 2.45) is 5.92 Å². The Kier molecular flexibility index (Phi) is 5.43. The molecule has 1 saturated heterocycles. The number of nitrogens with one attached hydrogen (secondary N) is 1. The van der Waals surface area contributed by atoms with Crippen molar-refractivity contribution < 1.29 is 17.5 Å². The molecular weight excluding hydrogens is 345 g/mol. The van der Waals surface area contributed by atoms with Crippen LogP contribution in [-0.2, 0) is 21.5 Å². The quantitative estimate of drug-likeness (QED) is 0.850. The number of aromatic nitrogens is 1. The summed E-state index contributed by atoms with van der Waals surface area (Å²) in [4.78, 5) is 3.14. The maximum absolute atomic E-state index is 13.3. The minimum absolute atomic E-state index is 0.219. The zero-order valence-corrected chi connectivity index (χ0v) is 15.4. The molecule has 6 nitrogen and oxygen atoms in total. The number of hydrogen-bond acceptors (Lipinski definition) is 3. The standard InChI is InChI=1S/C17H24FN3O3S/c1-20(11-16-10-14-9-15(18)3-4-17(14)19-16)25(22,23)21-7-5-13(6-8-21)12-24-2/h3-4,9-10,13,19H,5-8,11-12H2,1-2H3. The molecule has 0 bridgehead atoms. The van der Waals surface area contributed by atoms with Gasteiger partial charge in [0, 0.05) is 50.5 Å². The highest BCUT2D eigenvalue weighted by molar-refractivity contribution is 7.86. The smallest absolute Gasteiger partial charge is 0.282 e. The van der Waals surface area contributed by atoms with Gasteiger partial charge in [-0.25, -0.2) is 4.39 Å². The summed E-state index contributed by atoms with van der Waals surface area (Å²) in [7, 11) is -0.271. The minimum Gasteiger partial charge on any atom is -0.384 e. The maximum Gasteiger partial charge on any atom is 0.282 e. The Labute approximate surface area is 147 Å². The highest BCUT2D eigenvalue weighted by Gasteiger charge is 2.31. The van der Waals surface area contributed by atoms with Gasteiger partial charge in [-0.05, 0) is 43.0 Å². The average molecular weight is 369 g/mol. The number of benzene rings is 1. The summed E-state index contributed by atoms with van der Waals surface area (Å²) in [6.45, 7) is 1.92. The summed E-state index contributed by atoms with van der Waals surface area (Å²) in [5.74, 6) is 0.114. The van der Waals surface area contributed by atoms with Crippen LogP contribution in [0.3, 0.4) is 0 Å². The van der Waals surface area contributed by atoms with Crippen molar-refractivity contribution in [3.8, 4) is 0 Å². The minimum atomic E-state index is -3.51. The molecule has 0 unspecified atom stereocenters. The van der Waals surface area contributed by atoms with Gasteiger partial charge >= 0.3 is 0 Å². The number of piperidine rings is 1. The van der Waals surface area contributed by atoms with Crippen LogP contribution in [0.2, 0.25) is 0 Å². The second kappa shape index (κ2) is 7.41. The Hall–Kier alpha value is -1.48. The number of halogens is 1. The summed E-state index contributed by atoms with van der Waals surface area (Å²) in [5, 5.41) is 0.737. The molecule has 8 heteroatoms. The number of rotatable bonds is 6. The number of aromatic amines is 1. The van der Waals surface area contributed by atoms with Crippen molar-refractivity contribution in [2.45, 2.75) is 19.4 Å². The van der Waals surface area contributed by atoms with Crippen LogP contribution in [0.25, 0.3) is 10.9 Å². The molecule has 1 fully saturated rings. The summed E-state index contributed by atoms with van der Waals surface area (Å²) >= 11 is 0. The predicted molar refractivity (Wildman–Crippen MR) is 94.8 cm³/mol. The summed E-state index contributed by atoms with van der Waals surface area (Å²) in [6, 6.07) is 6.26. The Morgan fingerprint density at radius 3 is 2.72 bits per heavy atom. The van der Waals surface area contributed by atoms with E-state index >= 15 is 0 Å². The molecule has 0 spiro atoms. The van der Waals surface area contributed by atoms with E-state index in [0.29, 0.717) is 25.6 Å². The van der Waals surface area contributed by atoms with Crippen molar-refractivity contribution in [3.63, 3.8) is 0 Å². The molecule has 1 aromatic heterocycles. The first-order valence-electron chi connectivity index (χ1n) is 8.37. The van der Waals surface area contributed by atoms with E-state index in [4.69, 9.17) is 4.74 Å². The lowest BCUT2D eigenvalue weighted by Crippen LogP contribution is -2.45. The molecule has 3 rings (SSSR count). The van der Waals surface area contributed by atoms with Crippen LogP contribution in [0.5, 0.6) is 0 Å². The van der Waals surface area contributed by atoms with Gasteiger partial charge in [0.2, 0.25) is 0 Å². The predicted octanol–water partition coefficient (Wildman–Crippen LogP) is 2.34. The lowest BCUT2D eigenvalue weighted by Gasteiger charge is -2.33. The fourth-order valence-corrected chi connectivity index (χ4v) is 4.68. The van der Waals surface area contributed by atoms with Crippen molar-refractivity contribution in [2.75, 3.05) is 33.9 Å². The third-order valence-electron chi connectivity index (χ3n) is 4.73. The maximum atomic E-state index is 13.3. The molecule has 2 heterocycles. The Bertz CT molecular complexity index is 829. The third kappa shape index (κ3) is 4.03. The second-order valence-electron chi connectivity index (χ2n) is 6.59. The monoisotopic (exact) mass is 369 g/mol. The normalized spacial score (nSPS) is 17.6. The molecule has 0 aliphatic carbocycles. The molecule has 0 atom stereocenters. The van der Waals surface area contributed by atoms with Crippen LogP contribution in [-0.4, -0.2) is 55.9 Å². The van der Waals surface area contributed by atoms with Crippen LogP contribution in [0.4, 0.5) is 4.39 Å². The fraction of sp³-hybridized carbons (Fsp3) is 0.529. The molecule has 25 heavy (non-hydrogen) atoms. The first-order chi connectivity index (χ1) is 11.9. The average Bonchev–Trinajstić information content (AvgIpc) is 2.97. The first-order valence-corrected chi connectivity index (χ1v) is 9.77. The van der Waals surface area contributed by atoms with E-state index in [1.807, 2.05) is 0 Å². The summed E-state index contributed by atoms with van der Waals surface area (Å²) in [5.41, 5.74) is 1.53. The van der Waals surface area contributed by atoms with Gasteiger partial charge in [-0.15, -0.1) is 0 Å². The molecule has 1 aliphatic rings. The van der Waals surface area contributed by atoms with Gasteiger partial charge < -0.3 is 9.72 Å². The number of fused-ring (bicyclic) bond motifs is 1. The van der Waals surface area contributed by atoms with E-state index in [-0.39, 0.29) is 12.4 Å². The van der Waals surface area contributed by atoms with Gasteiger partial charge in [-0.1, -0.05) is 0 Å². The van der Waals surface area contributed by atoms with Crippen molar-refractivity contribution in [1.82, 2.24) is 13.6 Å². The SMILES string of the molecule is COCC1CCN(S(=O)(=O)N(C)Cc2cc3cc(F)ccc3[nH]2)CC1. The van der Waals surface area contributed by atoms with Crippen LogP contribution in [0, 0.1) is 11.7 Å². The van der Waals surface area contributed by atoms with Gasteiger partial charge in [0.15, 0.2) is 0 Å². The highest BCUT2D eigenvalue weighted by atomic mass is 32.2. The van der Waals surface area contributed by atoms with E-state index in [9.17, 15) is 12.8 Å². The fourth-order valence-electron chi connectivity index (χ4n) is 3.31. The lowest BCUT2D eigenvalue weighted by molar-refractivity contribution is 0.120. The molecule has 1 aliphatic heterocycles. The van der Waals surface area contributed by atoms with Gasteiger partial charge in [0.25, 0.3) is 10.2 Å². The number of hydrogen-bond donors (Lipinski definition) is 1. The number of ether oxygens (including phenoxy) is 1. The largest absolute Gasteiger partial charge is 0.384 e. The second-order valence-corrected chi connectivity index (χ2v) is 8.62. The van der Waals surface area contributed by atoms with Gasteiger partial charge in [-0.2, -0.15) is 17.0 Å². The summed E-state index contributed by atoms with van der Waals surface area (Å²) < 4.78 is 46.9. The summed E-state index contributed by atoms with van der Waals surface area (Å²) in [6.07, 6.45) is 1.62. The number of H-pyrrole nitrogens is 1. The molecule has 1 N–H and O–H groups in total. The molecule has 2 aromatic rings. The van der Waals surface area contributed by atoms with E-state index in [2.05, 4.69) is 4.98 Å². The molecule has 1 aromatic carbocycles. The number of methoxy groups -OCH3 is 1. The van der Waals surface area contributed by atoms with E-state index < -0.39 is 10.2 Å². The Morgan fingerprint density at radius 1 is 1.32 bits per heavy atom. The molecule has 138 valence electrons. The van der Waals surface area contributed by atoms with Crippen molar-refractivity contribution >= 4 is 21.1 Å². The van der Waals surface area contributed by atoms with Crippen LogP contribution in [0.1, 0.15) is 18.5 Å². The van der Waals surface area contributed by atoms with E-state index in [1.54, 1.807) is 26.3 Å². The zero-order chi connectivity index (χ0) is 18.0. The highest BCUT2D eigenvalue weighted by Crippen LogP contribution is 2.23. The zero-order valence-electron chi connectivity index (χ0n) is 14.5. The van der Waals surface area contributed by atoms with E-state index in [0.717, 1.165) is 29.4 Å². The van der Waals surface area contributed by atoms with Crippen LogP contribution < -0.4 is 0 Å². The lowest BCUT2D eigenvalue weighted by atomic mass is 9.99. The van der Waals surface area contributed by atoms with Crippen LogP contribution in [0.15, 0.2) is 24.3 Å².